The first-order valence-corrected chi connectivity index (χ1v) is 15.3. The molecule has 0 N–H and O–H groups in total. The molecule has 4 aromatic carbocycles. The third kappa shape index (κ3) is 4.00. The van der Waals surface area contributed by atoms with E-state index in [9.17, 15) is 0 Å². The molecule has 2 heterocycles. The van der Waals surface area contributed by atoms with Gasteiger partial charge in [0, 0.05) is 39.3 Å². The van der Waals surface area contributed by atoms with Crippen LogP contribution in [0.3, 0.4) is 0 Å². The minimum absolute atomic E-state index is 0.135. The van der Waals surface area contributed by atoms with E-state index in [0.717, 1.165) is 45.2 Å². The van der Waals surface area contributed by atoms with Crippen molar-refractivity contribution in [3.8, 4) is 45.2 Å². The van der Waals surface area contributed by atoms with Crippen LogP contribution in [0.1, 0.15) is 49.9 Å². The van der Waals surface area contributed by atoms with Crippen LogP contribution >= 0.6 is 0 Å². The zero-order valence-electron chi connectivity index (χ0n) is 25.5. The second kappa shape index (κ2) is 9.68. The van der Waals surface area contributed by atoms with Gasteiger partial charge in [-0.2, -0.15) is 0 Å². The summed E-state index contributed by atoms with van der Waals surface area (Å²) < 4.78 is 0. The summed E-state index contributed by atoms with van der Waals surface area (Å²) in [6, 6.07) is 42.7. The second-order valence-corrected chi connectivity index (χ2v) is 12.9. The van der Waals surface area contributed by atoms with E-state index in [0.29, 0.717) is 0 Å². The summed E-state index contributed by atoms with van der Waals surface area (Å²) in [4.78, 5) is 14.9. The zero-order chi connectivity index (χ0) is 30.1. The first kappa shape index (κ1) is 26.5. The molecule has 0 aliphatic heterocycles. The van der Waals surface area contributed by atoms with Crippen LogP contribution < -0.4 is 0 Å². The molecular weight excluding hydrogens is 534 g/mol. The highest BCUT2D eigenvalue weighted by atomic mass is 14.9. The fourth-order valence-electron chi connectivity index (χ4n) is 7.32. The molecule has 0 radical (unpaired) electrons. The summed E-state index contributed by atoms with van der Waals surface area (Å²) >= 11 is 0. The van der Waals surface area contributed by atoms with Crippen molar-refractivity contribution < 1.29 is 0 Å². The molecule has 0 amide bonds. The Morgan fingerprint density at radius 2 is 0.932 bits per heavy atom. The number of allylic oxidation sites excluding steroid dienone is 2. The van der Waals surface area contributed by atoms with Crippen LogP contribution in [0.4, 0.5) is 0 Å². The average molecular weight is 568 g/mol. The van der Waals surface area contributed by atoms with Crippen molar-refractivity contribution in [1.82, 2.24) is 15.0 Å². The van der Waals surface area contributed by atoms with Gasteiger partial charge in [-0.25, -0.2) is 9.97 Å². The third-order valence-corrected chi connectivity index (χ3v) is 9.51. The molecule has 0 bridgehead atoms. The van der Waals surface area contributed by atoms with E-state index < -0.39 is 0 Å². The Morgan fingerprint density at radius 1 is 0.432 bits per heavy atom. The Balaban J connectivity index is 1.25. The molecule has 212 valence electrons. The van der Waals surface area contributed by atoms with Crippen molar-refractivity contribution in [1.29, 1.82) is 0 Å². The Kier molecular flexibility index (Phi) is 5.83. The molecule has 8 rings (SSSR count). The highest BCUT2D eigenvalue weighted by Gasteiger charge is 2.49. The van der Waals surface area contributed by atoms with Gasteiger partial charge in [0.15, 0.2) is 5.82 Å². The maximum atomic E-state index is 5.12. The molecule has 6 aromatic rings. The maximum absolute atomic E-state index is 5.12. The van der Waals surface area contributed by atoms with Crippen molar-refractivity contribution in [2.45, 2.75) is 38.5 Å². The monoisotopic (exact) mass is 567 g/mol. The van der Waals surface area contributed by atoms with Crippen LogP contribution in [0.25, 0.3) is 56.3 Å². The van der Waals surface area contributed by atoms with Crippen molar-refractivity contribution in [3.63, 3.8) is 0 Å². The standard InChI is InChI=1S/C41H33N3/c1-40(2)32-23-28(34-17-11-12-22-42-34)18-20-30(32)37-38(40)31-21-19-29(24-33(31)41(37,3)4)39-43-35(26-13-7-5-8-14-26)25-36(44-39)27-15-9-6-10-16-27/h5-25H,1-4H3. The number of pyridine rings is 1. The molecule has 0 atom stereocenters. The molecule has 0 fully saturated rings. The number of rotatable bonds is 4. The van der Waals surface area contributed by atoms with E-state index in [-0.39, 0.29) is 10.8 Å². The Hall–Kier alpha value is -5.15. The van der Waals surface area contributed by atoms with Gasteiger partial charge in [-0.1, -0.05) is 119 Å². The average Bonchev–Trinajstić information content (AvgIpc) is 3.46. The van der Waals surface area contributed by atoms with Gasteiger partial charge in [-0.15, -0.1) is 0 Å². The predicted octanol–water partition coefficient (Wildman–Crippen LogP) is 10.0. The summed E-state index contributed by atoms with van der Waals surface area (Å²) in [6.07, 6.45) is 1.87. The largest absolute Gasteiger partial charge is 0.256 e. The summed E-state index contributed by atoms with van der Waals surface area (Å²) in [6.45, 7) is 9.47. The normalized spacial score (nSPS) is 15.5. The maximum Gasteiger partial charge on any atom is 0.160 e. The Labute approximate surface area is 259 Å². The smallest absolute Gasteiger partial charge is 0.160 e. The van der Waals surface area contributed by atoms with E-state index in [1.54, 1.807) is 0 Å². The van der Waals surface area contributed by atoms with E-state index in [1.165, 1.54) is 33.4 Å². The topological polar surface area (TPSA) is 38.7 Å². The Morgan fingerprint density at radius 3 is 1.45 bits per heavy atom. The summed E-state index contributed by atoms with van der Waals surface area (Å²) in [7, 11) is 0. The first-order chi connectivity index (χ1) is 21.3. The van der Waals surface area contributed by atoms with Crippen LogP contribution in [0.15, 0.2) is 128 Å². The molecule has 0 saturated heterocycles. The van der Waals surface area contributed by atoms with E-state index >= 15 is 0 Å². The van der Waals surface area contributed by atoms with Gasteiger partial charge >= 0.3 is 0 Å². The van der Waals surface area contributed by atoms with Crippen molar-refractivity contribution in [2.24, 2.45) is 0 Å². The fraction of sp³-hybridized carbons (Fsp3) is 0.146. The lowest BCUT2D eigenvalue weighted by atomic mass is 9.75. The summed E-state index contributed by atoms with van der Waals surface area (Å²) in [5.74, 6) is 0.746. The van der Waals surface area contributed by atoms with E-state index in [1.807, 2.05) is 24.4 Å². The SMILES string of the molecule is CC1(C)C2=C(c3ccc(-c4ccccn4)cc31)C(C)(C)c1cc(-c3nc(-c4ccccc4)cc(-c4ccccc4)n3)ccc12. The van der Waals surface area contributed by atoms with Gasteiger partial charge < -0.3 is 0 Å². The van der Waals surface area contributed by atoms with Crippen LogP contribution in [0.5, 0.6) is 0 Å². The third-order valence-electron chi connectivity index (χ3n) is 9.51. The molecule has 44 heavy (non-hydrogen) atoms. The van der Waals surface area contributed by atoms with Crippen LogP contribution in [0.2, 0.25) is 0 Å². The van der Waals surface area contributed by atoms with Gasteiger partial charge in [-0.05, 0) is 63.7 Å². The fourth-order valence-corrected chi connectivity index (χ4v) is 7.32. The van der Waals surface area contributed by atoms with Gasteiger partial charge in [0.1, 0.15) is 0 Å². The lowest BCUT2D eigenvalue weighted by molar-refractivity contribution is 0.694. The molecule has 3 nitrogen and oxygen atoms in total. The zero-order valence-corrected chi connectivity index (χ0v) is 25.5. The van der Waals surface area contributed by atoms with Crippen molar-refractivity contribution in [2.75, 3.05) is 0 Å². The summed E-state index contributed by atoms with van der Waals surface area (Å²) in [5, 5.41) is 0. The van der Waals surface area contributed by atoms with Crippen molar-refractivity contribution >= 4 is 11.1 Å². The Bertz CT molecular complexity index is 2030. The molecule has 2 aromatic heterocycles. The van der Waals surface area contributed by atoms with E-state index in [2.05, 4.69) is 136 Å². The first-order valence-electron chi connectivity index (χ1n) is 15.3. The van der Waals surface area contributed by atoms with Crippen molar-refractivity contribution in [3.05, 3.63) is 150 Å². The molecule has 3 heteroatoms. The minimum Gasteiger partial charge on any atom is -0.256 e. The van der Waals surface area contributed by atoms with E-state index in [4.69, 9.17) is 9.97 Å². The molecule has 0 unspecified atom stereocenters. The molecule has 0 saturated carbocycles. The lowest BCUT2D eigenvalue weighted by Gasteiger charge is -2.28. The van der Waals surface area contributed by atoms with Gasteiger partial charge in [0.25, 0.3) is 0 Å². The lowest BCUT2D eigenvalue weighted by Crippen LogP contribution is -2.19. The van der Waals surface area contributed by atoms with Gasteiger partial charge in [0.05, 0.1) is 17.1 Å². The van der Waals surface area contributed by atoms with Crippen LogP contribution in [0, 0.1) is 0 Å². The second-order valence-electron chi connectivity index (χ2n) is 12.9. The van der Waals surface area contributed by atoms with Gasteiger partial charge in [-0.3, -0.25) is 4.98 Å². The quantitative estimate of drug-likeness (QED) is 0.213. The molecule has 0 spiro atoms. The molecule has 2 aliphatic carbocycles. The number of hydrogen-bond acceptors (Lipinski definition) is 3. The predicted molar refractivity (Wildman–Crippen MR) is 181 cm³/mol. The number of hydrogen-bond donors (Lipinski definition) is 0. The summed E-state index contributed by atoms with van der Waals surface area (Å²) in [5.41, 5.74) is 15.2. The number of nitrogens with zero attached hydrogens (tertiary/aromatic N) is 3. The van der Waals surface area contributed by atoms with Crippen LogP contribution in [-0.4, -0.2) is 15.0 Å². The highest BCUT2D eigenvalue weighted by molar-refractivity contribution is 6.10. The van der Waals surface area contributed by atoms with Gasteiger partial charge in [0.2, 0.25) is 0 Å². The number of fused-ring (bicyclic) bond motifs is 4. The number of benzene rings is 4. The minimum atomic E-state index is -0.172. The number of aromatic nitrogens is 3. The highest BCUT2D eigenvalue weighted by Crippen LogP contribution is 2.63. The molecule has 2 aliphatic rings. The van der Waals surface area contributed by atoms with Crippen LogP contribution in [-0.2, 0) is 10.8 Å². The molecular formula is C41H33N3.